The van der Waals surface area contributed by atoms with Crippen molar-refractivity contribution < 1.29 is 4.79 Å². The summed E-state index contributed by atoms with van der Waals surface area (Å²) in [6.45, 7) is 0.555. The lowest BCUT2D eigenvalue weighted by molar-refractivity contribution is 0.0955. The predicted molar refractivity (Wildman–Crippen MR) is 99.7 cm³/mol. The van der Waals surface area contributed by atoms with Gasteiger partial charge in [0, 0.05) is 44.2 Å². The number of carbonyl (C=O) groups is 1. The van der Waals surface area contributed by atoms with Crippen molar-refractivity contribution in [2.24, 2.45) is 14.1 Å². The Kier molecular flexibility index (Phi) is 3.76. The molecule has 25 heavy (non-hydrogen) atoms. The van der Waals surface area contributed by atoms with Crippen molar-refractivity contribution >= 4 is 27.8 Å². The number of amides is 1. The average molecular weight is 332 g/mol. The zero-order chi connectivity index (χ0) is 17.4. The highest BCUT2D eigenvalue weighted by Crippen LogP contribution is 2.20. The molecule has 5 heteroatoms. The lowest BCUT2D eigenvalue weighted by Crippen LogP contribution is -2.26. The molecule has 2 aromatic heterocycles. The van der Waals surface area contributed by atoms with Crippen molar-refractivity contribution in [1.29, 1.82) is 0 Å². The van der Waals surface area contributed by atoms with Gasteiger partial charge in [0.05, 0.1) is 16.6 Å². The molecule has 1 N–H and O–H groups in total. The minimum atomic E-state index is -0.0458. The van der Waals surface area contributed by atoms with Crippen LogP contribution in [0.25, 0.3) is 21.9 Å². The molecule has 1 amide bonds. The van der Waals surface area contributed by atoms with Crippen LogP contribution in [-0.4, -0.2) is 26.6 Å². The maximum atomic E-state index is 12.6. The summed E-state index contributed by atoms with van der Waals surface area (Å²) >= 11 is 0. The van der Waals surface area contributed by atoms with Gasteiger partial charge in [0.2, 0.25) is 0 Å². The van der Waals surface area contributed by atoms with E-state index in [1.54, 1.807) is 0 Å². The van der Waals surface area contributed by atoms with E-state index in [2.05, 4.69) is 20.9 Å². The van der Waals surface area contributed by atoms with E-state index in [9.17, 15) is 4.79 Å². The second kappa shape index (κ2) is 6.09. The molecule has 126 valence electrons. The molecule has 4 rings (SSSR count). The Morgan fingerprint density at radius 2 is 1.76 bits per heavy atom. The summed E-state index contributed by atoms with van der Waals surface area (Å²) in [7, 11) is 3.97. The fourth-order valence-corrected chi connectivity index (χ4v) is 3.32. The highest BCUT2D eigenvalue weighted by atomic mass is 16.1. The van der Waals surface area contributed by atoms with Crippen LogP contribution in [0.4, 0.5) is 0 Å². The summed E-state index contributed by atoms with van der Waals surface area (Å²) in [5, 5.41) is 4.00. The summed E-state index contributed by atoms with van der Waals surface area (Å²) in [6, 6.07) is 16.0. The van der Waals surface area contributed by atoms with Gasteiger partial charge in [-0.1, -0.05) is 30.3 Å². The number of rotatable bonds is 4. The molecular weight excluding hydrogens is 312 g/mol. The van der Waals surface area contributed by atoms with E-state index >= 15 is 0 Å². The molecule has 0 spiro atoms. The second-order valence-corrected chi connectivity index (χ2v) is 6.25. The molecule has 2 aromatic carbocycles. The lowest BCUT2D eigenvalue weighted by atomic mass is 10.1. The van der Waals surface area contributed by atoms with Crippen molar-refractivity contribution in [2.45, 2.75) is 6.42 Å². The SMILES string of the molecule is Cn1cc(C(=O)NCCc2nc3ccccc3n2C)c2ccccc21. The monoisotopic (exact) mass is 332 g/mol. The molecule has 0 saturated carbocycles. The quantitative estimate of drug-likeness (QED) is 0.624. The summed E-state index contributed by atoms with van der Waals surface area (Å²) in [4.78, 5) is 17.2. The van der Waals surface area contributed by atoms with Gasteiger partial charge in [-0.05, 0) is 18.2 Å². The highest BCUT2D eigenvalue weighted by Gasteiger charge is 2.13. The Hall–Kier alpha value is -3.08. The van der Waals surface area contributed by atoms with Gasteiger partial charge in [-0.25, -0.2) is 4.98 Å². The molecule has 0 fully saturated rings. The minimum Gasteiger partial charge on any atom is -0.352 e. The van der Waals surface area contributed by atoms with Gasteiger partial charge in [-0.2, -0.15) is 0 Å². The maximum Gasteiger partial charge on any atom is 0.253 e. The number of fused-ring (bicyclic) bond motifs is 2. The number of nitrogens with zero attached hydrogens (tertiary/aromatic N) is 3. The topological polar surface area (TPSA) is 51.9 Å². The summed E-state index contributed by atoms with van der Waals surface area (Å²) in [5.74, 6) is 0.926. The van der Waals surface area contributed by atoms with Crippen LogP contribution in [0.1, 0.15) is 16.2 Å². The van der Waals surface area contributed by atoms with Crippen LogP contribution >= 0.6 is 0 Å². The van der Waals surface area contributed by atoms with Crippen molar-refractivity contribution in [3.63, 3.8) is 0 Å². The fourth-order valence-electron chi connectivity index (χ4n) is 3.32. The van der Waals surface area contributed by atoms with Crippen molar-refractivity contribution in [3.05, 3.63) is 66.1 Å². The average Bonchev–Trinajstić information content (AvgIpc) is 3.14. The molecule has 0 bridgehead atoms. The van der Waals surface area contributed by atoms with Crippen LogP contribution in [0.2, 0.25) is 0 Å². The van der Waals surface area contributed by atoms with Crippen LogP contribution in [0.15, 0.2) is 54.7 Å². The predicted octanol–water partition coefficient (Wildman–Crippen LogP) is 3.04. The number of aromatic nitrogens is 3. The van der Waals surface area contributed by atoms with Crippen molar-refractivity contribution in [3.8, 4) is 0 Å². The van der Waals surface area contributed by atoms with Gasteiger partial charge < -0.3 is 14.5 Å². The first kappa shape index (κ1) is 15.4. The standard InChI is InChI=1S/C20H20N4O/c1-23-13-15(14-7-3-5-9-17(14)23)20(25)21-12-11-19-22-16-8-4-6-10-18(16)24(19)2/h3-10,13H,11-12H2,1-2H3,(H,21,25). The Balaban J connectivity index is 1.49. The molecule has 2 heterocycles. The maximum absolute atomic E-state index is 12.6. The third-order valence-electron chi connectivity index (χ3n) is 4.66. The molecule has 0 aliphatic rings. The van der Waals surface area contributed by atoms with Gasteiger partial charge in [-0.3, -0.25) is 4.79 Å². The first-order valence-corrected chi connectivity index (χ1v) is 8.38. The van der Waals surface area contributed by atoms with E-state index in [-0.39, 0.29) is 5.91 Å². The van der Waals surface area contributed by atoms with Gasteiger partial charge >= 0.3 is 0 Å². The smallest absolute Gasteiger partial charge is 0.253 e. The molecular formula is C20H20N4O. The molecule has 0 radical (unpaired) electrons. The zero-order valence-corrected chi connectivity index (χ0v) is 14.4. The Labute approximate surface area is 145 Å². The van der Waals surface area contributed by atoms with Crippen LogP contribution < -0.4 is 5.32 Å². The fraction of sp³-hybridized carbons (Fsp3) is 0.200. The van der Waals surface area contributed by atoms with Crippen LogP contribution in [0, 0.1) is 0 Å². The number of nitrogens with one attached hydrogen (secondary N) is 1. The molecule has 0 aliphatic carbocycles. The van der Waals surface area contributed by atoms with Gasteiger partial charge in [0.15, 0.2) is 0 Å². The number of carbonyl (C=O) groups excluding carboxylic acids is 1. The molecule has 0 atom stereocenters. The second-order valence-electron chi connectivity index (χ2n) is 6.25. The largest absolute Gasteiger partial charge is 0.352 e. The summed E-state index contributed by atoms with van der Waals surface area (Å²) < 4.78 is 4.06. The molecule has 0 unspecified atom stereocenters. The first-order chi connectivity index (χ1) is 12.1. The van der Waals surface area contributed by atoms with Crippen LogP contribution in [0.3, 0.4) is 0 Å². The number of para-hydroxylation sites is 3. The number of hydrogen-bond donors (Lipinski definition) is 1. The molecule has 5 nitrogen and oxygen atoms in total. The van der Waals surface area contributed by atoms with E-state index in [0.29, 0.717) is 18.5 Å². The van der Waals surface area contributed by atoms with Gasteiger partial charge in [-0.15, -0.1) is 0 Å². The minimum absolute atomic E-state index is 0.0458. The Morgan fingerprint density at radius 1 is 1.04 bits per heavy atom. The van der Waals surface area contributed by atoms with Gasteiger partial charge in [0.25, 0.3) is 5.91 Å². The van der Waals surface area contributed by atoms with Crippen LogP contribution in [-0.2, 0) is 20.5 Å². The molecule has 0 saturated heterocycles. The van der Waals surface area contributed by atoms with Crippen LogP contribution in [0.5, 0.6) is 0 Å². The Morgan fingerprint density at radius 3 is 2.56 bits per heavy atom. The van der Waals surface area contributed by atoms with E-state index in [4.69, 9.17) is 0 Å². The molecule has 4 aromatic rings. The number of imidazole rings is 1. The van der Waals surface area contributed by atoms with E-state index in [1.165, 1.54) is 0 Å². The van der Waals surface area contributed by atoms with E-state index < -0.39 is 0 Å². The highest BCUT2D eigenvalue weighted by molar-refractivity contribution is 6.06. The summed E-state index contributed by atoms with van der Waals surface area (Å²) in [5.41, 5.74) is 3.87. The summed E-state index contributed by atoms with van der Waals surface area (Å²) in [6.07, 6.45) is 2.58. The van der Waals surface area contributed by atoms with E-state index in [1.807, 2.05) is 67.3 Å². The van der Waals surface area contributed by atoms with E-state index in [0.717, 1.165) is 27.8 Å². The van der Waals surface area contributed by atoms with Crippen molar-refractivity contribution in [1.82, 2.24) is 19.4 Å². The lowest BCUT2D eigenvalue weighted by Gasteiger charge is -2.05. The third kappa shape index (κ3) is 2.67. The van der Waals surface area contributed by atoms with Crippen molar-refractivity contribution in [2.75, 3.05) is 6.54 Å². The number of benzene rings is 2. The Bertz CT molecular complexity index is 1070. The first-order valence-electron chi connectivity index (χ1n) is 8.38. The number of aryl methyl sites for hydroxylation is 2. The third-order valence-corrected chi connectivity index (χ3v) is 4.66. The normalized spacial score (nSPS) is 11.3. The van der Waals surface area contributed by atoms with Gasteiger partial charge in [0.1, 0.15) is 5.82 Å². The molecule has 0 aliphatic heterocycles. The number of hydrogen-bond acceptors (Lipinski definition) is 2. The zero-order valence-electron chi connectivity index (χ0n) is 14.4.